The fourth-order valence-electron chi connectivity index (χ4n) is 4.17. The van der Waals surface area contributed by atoms with Crippen LogP contribution in [0.25, 0.3) is 56.4 Å². The van der Waals surface area contributed by atoms with Crippen LogP contribution in [-0.4, -0.2) is 19.9 Å². The Hall–Kier alpha value is -4.66. The molecule has 0 aliphatic carbocycles. The van der Waals surface area contributed by atoms with E-state index in [1.165, 1.54) is 6.08 Å². The minimum atomic E-state index is -1.91. The van der Waals surface area contributed by atoms with E-state index in [1.54, 1.807) is 24.3 Å². The average molecular weight is 473 g/mol. The second-order valence-electron chi connectivity index (χ2n) is 8.13. The Morgan fingerprint density at radius 2 is 1.17 bits per heavy atom. The van der Waals surface area contributed by atoms with E-state index in [4.69, 9.17) is 5.41 Å². The van der Waals surface area contributed by atoms with Gasteiger partial charge in [0.05, 0.1) is 16.9 Å². The van der Waals surface area contributed by atoms with Crippen LogP contribution in [-0.2, 0) is 0 Å². The van der Waals surface area contributed by atoms with E-state index in [-0.39, 0.29) is 22.3 Å². The SMILES string of the molecule is N=c1c2nc(c(-c3cc(F)c(F)c(F)c3F)c3ccc(cc4ccc(cc5ccc1[nH]5)[nH]4)[nH]3)C=C2. The molecule has 0 saturated heterocycles. The fraction of sp³-hybridized carbons (Fsp3) is 0. The maximum atomic E-state index is 14.9. The lowest BCUT2D eigenvalue weighted by atomic mass is 10.0. The van der Waals surface area contributed by atoms with E-state index in [9.17, 15) is 17.6 Å². The number of nitrogens with zero attached hydrogens (tertiary/aromatic N) is 1. The summed E-state index contributed by atoms with van der Waals surface area (Å²) in [6.07, 6.45) is 3.08. The molecule has 0 amide bonds. The zero-order valence-electron chi connectivity index (χ0n) is 17.8. The molecular formula is C26H15F4N5. The third-order valence-corrected chi connectivity index (χ3v) is 5.83. The van der Waals surface area contributed by atoms with Gasteiger partial charge < -0.3 is 15.0 Å². The Labute approximate surface area is 194 Å². The number of aromatic amines is 3. The molecule has 6 rings (SSSR count). The summed E-state index contributed by atoms with van der Waals surface area (Å²) in [6.45, 7) is 0. The second kappa shape index (κ2) is 7.69. The molecule has 1 aromatic carbocycles. The zero-order chi connectivity index (χ0) is 24.3. The monoisotopic (exact) mass is 473 g/mol. The van der Waals surface area contributed by atoms with Gasteiger partial charge >= 0.3 is 0 Å². The van der Waals surface area contributed by atoms with Crippen molar-refractivity contribution in [2.24, 2.45) is 0 Å². The highest BCUT2D eigenvalue weighted by Gasteiger charge is 2.23. The van der Waals surface area contributed by atoms with Crippen LogP contribution in [0.3, 0.4) is 0 Å². The van der Waals surface area contributed by atoms with Crippen molar-refractivity contribution >= 4 is 45.3 Å². The van der Waals surface area contributed by atoms with Crippen LogP contribution in [0.15, 0.2) is 54.6 Å². The molecule has 5 nitrogen and oxygen atoms in total. The first kappa shape index (κ1) is 20.9. The standard InChI is InChI=1S/C26H15F4N5/c27-17-11-16(23(28)25(30)24(17)29)22-18-5-3-14(33-18)9-12-1-2-13(32-12)10-15-4-6-20(34-15)26(31)21-8-7-19(22)35-21/h1-11,31-34H. The summed E-state index contributed by atoms with van der Waals surface area (Å²) >= 11 is 0. The van der Waals surface area contributed by atoms with Crippen molar-refractivity contribution in [3.8, 4) is 11.1 Å². The molecule has 8 bridgehead atoms. The highest BCUT2D eigenvalue weighted by atomic mass is 19.2. The number of rotatable bonds is 1. The summed E-state index contributed by atoms with van der Waals surface area (Å²) < 4.78 is 56.9. The average Bonchev–Trinajstić information content (AvgIpc) is 3.64. The van der Waals surface area contributed by atoms with Crippen LogP contribution < -0.4 is 5.36 Å². The van der Waals surface area contributed by atoms with Crippen LogP contribution in [0.5, 0.6) is 0 Å². The van der Waals surface area contributed by atoms with Gasteiger partial charge in [0.25, 0.3) is 0 Å². The molecule has 0 spiro atoms. The highest BCUT2D eigenvalue weighted by molar-refractivity contribution is 5.91. The van der Waals surface area contributed by atoms with E-state index in [2.05, 4.69) is 19.9 Å². The van der Waals surface area contributed by atoms with E-state index < -0.39 is 28.8 Å². The van der Waals surface area contributed by atoms with Crippen LogP contribution in [0.4, 0.5) is 17.6 Å². The quantitative estimate of drug-likeness (QED) is 0.124. The number of aromatic nitrogens is 4. The lowest BCUT2D eigenvalue weighted by Crippen LogP contribution is -2.04. The highest BCUT2D eigenvalue weighted by Crippen LogP contribution is 2.34. The molecule has 5 heterocycles. The number of hydrogen-bond acceptors (Lipinski definition) is 2. The van der Waals surface area contributed by atoms with Crippen molar-refractivity contribution < 1.29 is 17.6 Å². The topological polar surface area (TPSA) is 84.1 Å². The molecule has 35 heavy (non-hydrogen) atoms. The van der Waals surface area contributed by atoms with Gasteiger partial charge in [0.15, 0.2) is 23.3 Å². The van der Waals surface area contributed by atoms with Crippen LogP contribution in [0.2, 0.25) is 0 Å². The van der Waals surface area contributed by atoms with Crippen molar-refractivity contribution in [2.75, 3.05) is 0 Å². The van der Waals surface area contributed by atoms with Crippen molar-refractivity contribution in [2.45, 2.75) is 0 Å². The summed E-state index contributed by atoms with van der Waals surface area (Å²) in [4.78, 5) is 14.0. The molecule has 0 atom stereocenters. The third-order valence-electron chi connectivity index (χ3n) is 5.83. The van der Waals surface area contributed by atoms with E-state index in [0.29, 0.717) is 22.6 Å². The van der Waals surface area contributed by atoms with Crippen molar-refractivity contribution in [1.29, 1.82) is 5.41 Å². The van der Waals surface area contributed by atoms with Crippen LogP contribution in [0, 0.1) is 28.7 Å². The fourth-order valence-corrected chi connectivity index (χ4v) is 4.17. The van der Waals surface area contributed by atoms with Crippen LogP contribution >= 0.6 is 0 Å². The number of halogens is 4. The molecule has 1 aliphatic heterocycles. The number of nitrogens with one attached hydrogen (secondary N) is 4. The third kappa shape index (κ3) is 3.48. The minimum Gasteiger partial charge on any atom is -0.355 e. The smallest absolute Gasteiger partial charge is 0.198 e. The van der Waals surface area contributed by atoms with Gasteiger partial charge in [0.2, 0.25) is 0 Å². The van der Waals surface area contributed by atoms with Gasteiger partial charge in [-0.25, -0.2) is 22.5 Å². The molecule has 0 fully saturated rings. The van der Waals surface area contributed by atoms with E-state index in [1.807, 2.05) is 30.3 Å². The predicted octanol–water partition coefficient (Wildman–Crippen LogP) is 6.40. The van der Waals surface area contributed by atoms with E-state index in [0.717, 1.165) is 16.6 Å². The minimum absolute atomic E-state index is 0.0266. The van der Waals surface area contributed by atoms with Crippen molar-refractivity contribution in [3.05, 3.63) is 94.6 Å². The van der Waals surface area contributed by atoms with Gasteiger partial charge in [-0.05, 0) is 66.7 Å². The maximum absolute atomic E-state index is 14.9. The largest absolute Gasteiger partial charge is 0.355 e. The molecule has 172 valence electrons. The van der Waals surface area contributed by atoms with Crippen molar-refractivity contribution in [3.63, 3.8) is 0 Å². The summed E-state index contributed by atoms with van der Waals surface area (Å²) in [5, 5.41) is 8.64. The number of H-pyrrole nitrogens is 3. The molecule has 4 N–H and O–H groups in total. The van der Waals surface area contributed by atoms with Gasteiger partial charge in [-0.1, -0.05) is 0 Å². The molecule has 0 radical (unpaired) electrons. The number of fused-ring (bicyclic) bond motifs is 8. The summed E-state index contributed by atoms with van der Waals surface area (Å²) in [7, 11) is 0. The van der Waals surface area contributed by atoms with Gasteiger partial charge in [0, 0.05) is 38.7 Å². The molecule has 9 heteroatoms. The number of benzene rings is 1. The zero-order valence-corrected chi connectivity index (χ0v) is 17.8. The molecule has 1 aliphatic rings. The normalized spacial score (nSPS) is 12.0. The molecule has 0 unspecified atom stereocenters. The Morgan fingerprint density at radius 3 is 1.89 bits per heavy atom. The Balaban J connectivity index is 1.79. The molecule has 4 aromatic heterocycles. The van der Waals surface area contributed by atoms with Crippen LogP contribution in [0.1, 0.15) is 11.4 Å². The van der Waals surface area contributed by atoms with Gasteiger partial charge in [-0.3, -0.25) is 5.41 Å². The lowest BCUT2D eigenvalue weighted by Gasteiger charge is -2.07. The second-order valence-corrected chi connectivity index (χ2v) is 8.13. The van der Waals surface area contributed by atoms with Gasteiger partial charge in [-0.15, -0.1) is 0 Å². The first-order chi connectivity index (χ1) is 16.9. The van der Waals surface area contributed by atoms with E-state index >= 15 is 0 Å². The molecular weight excluding hydrogens is 458 g/mol. The summed E-state index contributed by atoms with van der Waals surface area (Å²) in [5.41, 5.74) is 3.77. The first-order valence-electron chi connectivity index (χ1n) is 10.6. The first-order valence-corrected chi connectivity index (χ1v) is 10.6. The van der Waals surface area contributed by atoms with Crippen molar-refractivity contribution in [1.82, 2.24) is 19.9 Å². The maximum Gasteiger partial charge on any atom is 0.198 e. The van der Waals surface area contributed by atoms with Gasteiger partial charge in [0.1, 0.15) is 5.36 Å². The number of hydrogen-bond donors (Lipinski definition) is 4. The summed E-state index contributed by atoms with van der Waals surface area (Å²) in [5.74, 6) is -6.86. The Bertz CT molecular complexity index is 1880. The van der Waals surface area contributed by atoms with Gasteiger partial charge in [-0.2, -0.15) is 0 Å². The molecule has 5 aromatic rings. The molecule has 0 saturated carbocycles. The Morgan fingerprint density at radius 1 is 0.600 bits per heavy atom. The predicted molar refractivity (Wildman–Crippen MR) is 126 cm³/mol. The Kier molecular flexibility index (Phi) is 4.60. The lowest BCUT2D eigenvalue weighted by molar-refractivity contribution is 0.411. The summed E-state index contributed by atoms with van der Waals surface area (Å²) in [6, 6.07) is 15.0.